The molecule has 1 aliphatic heterocycles. The quantitative estimate of drug-likeness (QED) is 0.362. The van der Waals surface area contributed by atoms with Crippen LogP contribution in [0, 0.1) is 0 Å². The summed E-state index contributed by atoms with van der Waals surface area (Å²) < 4.78 is 38.9. The number of hydrogen-bond acceptors (Lipinski definition) is 6. The van der Waals surface area contributed by atoms with E-state index in [1.165, 1.54) is 31.2 Å². The largest absolute Gasteiger partial charge is 0.416 e. The molecular formula is C23H19F3N6O4. The van der Waals surface area contributed by atoms with Crippen molar-refractivity contribution in [2.45, 2.75) is 25.4 Å². The van der Waals surface area contributed by atoms with E-state index >= 15 is 0 Å². The van der Waals surface area contributed by atoms with Crippen molar-refractivity contribution in [3.8, 4) is 0 Å². The summed E-state index contributed by atoms with van der Waals surface area (Å²) in [6.45, 7) is 1.35. The number of H-pyrrole nitrogens is 1. The molecule has 36 heavy (non-hydrogen) atoms. The van der Waals surface area contributed by atoms with Crippen LogP contribution in [0.1, 0.15) is 30.4 Å². The first kappa shape index (κ1) is 24.4. The maximum absolute atomic E-state index is 13.0. The zero-order chi connectivity index (χ0) is 26.0. The van der Waals surface area contributed by atoms with Crippen molar-refractivity contribution in [1.29, 1.82) is 0 Å². The number of anilines is 5. The van der Waals surface area contributed by atoms with Crippen molar-refractivity contribution in [2.75, 3.05) is 21.3 Å². The molecular weight excluding hydrogens is 481 g/mol. The van der Waals surface area contributed by atoms with Crippen molar-refractivity contribution in [2.24, 2.45) is 0 Å². The molecule has 186 valence electrons. The zero-order valence-corrected chi connectivity index (χ0v) is 18.6. The van der Waals surface area contributed by atoms with E-state index in [1.807, 2.05) is 0 Å². The number of rotatable bonds is 5. The number of carbonyl (C=O) groups excluding carboxylic acids is 3. The van der Waals surface area contributed by atoms with Gasteiger partial charge in [-0.1, -0.05) is 6.07 Å². The third-order valence-electron chi connectivity index (χ3n) is 5.19. The van der Waals surface area contributed by atoms with Gasteiger partial charge in [0.15, 0.2) is 0 Å². The van der Waals surface area contributed by atoms with Gasteiger partial charge < -0.3 is 21.3 Å². The van der Waals surface area contributed by atoms with Crippen LogP contribution in [0.15, 0.2) is 53.3 Å². The molecule has 1 aromatic heterocycles. The van der Waals surface area contributed by atoms with E-state index in [-0.39, 0.29) is 35.3 Å². The molecule has 0 spiro atoms. The topological polar surface area (TPSA) is 145 Å². The van der Waals surface area contributed by atoms with Crippen LogP contribution in [0.3, 0.4) is 0 Å². The summed E-state index contributed by atoms with van der Waals surface area (Å²) in [5, 5.41) is 10.2. The van der Waals surface area contributed by atoms with Crippen LogP contribution < -0.4 is 26.8 Å². The maximum Gasteiger partial charge on any atom is 0.416 e. The van der Waals surface area contributed by atoms with Crippen LogP contribution >= 0.6 is 0 Å². The lowest BCUT2D eigenvalue weighted by Gasteiger charge is -2.23. The van der Waals surface area contributed by atoms with E-state index in [0.29, 0.717) is 11.4 Å². The number of nitrogens with zero attached hydrogens (tertiary/aromatic N) is 1. The van der Waals surface area contributed by atoms with Crippen LogP contribution in [-0.4, -0.2) is 27.7 Å². The summed E-state index contributed by atoms with van der Waals surface area (Å²) in [4.78, 5) is 55.6. The number of hydrogen-bond donors (Lipinski definition) is 5. The Kier molecular flexibility index (Phi) is 6.47. The van der Waals surface area contributed by atoms with Crippen LogP contribution in [-0.2, 0) is 20.6 Å². The summed E-state index contributed by atoms with van der Waals surface area (Å²) >= 11 is 0. The smallest absolute Gasteiger partial charge is 0.326 e. The van der Waals surface area contributed by atoms with Crippen molar-refractivity contribution in [3.05, 3.63) is 70.0 Å². The first-order chi connectivity index (χ1) is 17.0. The first-order valence-corrected chi connectivity index (χ1v) is 10.6. The Morgan fingerprint density at radius 2 is 1.67 bits per heavy atom. The van der Waals surface area contributed by atoms with E-state index in [9.17, 15) is 32.3 Å². The predicted molar refractivity (Wildman–Crippen MR) is 125 cm³/mol. The summed E-state index contributed by atoms with van der Waals surface area (Å²) in [6.07, 6.45) is -4.87. The molecule has 1 aliphatic rings. The van der Waals surface area contributed by atoms with Gasteiger partial charge in [0, 0.05) is 30.4 Å². The van der Waals surface area contributed by atoms with Crippen molar-refractivity contribution in [1.82, 2.24) is 9.97 Å². The summed E-state index contributed by atoms with van der Waals surface area (Å²) in [5.74, 6) is -3.01. The number of halogens is 3. The highest BCUT2D eigenvalue weighted by Crippen LogP contribution is 2.32. The van der Waals surface area contributed by atoms with Gasteiger partial charge in [-0.25, -0.2) is 0 Å². The Balaban J connectivity index is 1.57. The van der Waals surface area contributed by atoms with Crippen molar-refractivity contribution in [3.63, 3.8) is 0 Å². The minimum atomic E-state index is -4.56. The fourth-order valence-electron chi connectivity index (χ4n) is 3.63. The predicted octanol–water partition coefficient (Wildman–Crippen LogP) is 3.56. The molecule has 10 nitrogen and oxygen atoms in total. The molecule has 13 heteroatoms. The molecule has 0 aliphatic carbocycles. The SMILES string of the molecule is CC(=O)Nc1ccc(NC(=O)C2CC(=O)Nc3nc(Nc4cccc(C(F)(F)F)c4)[nH]c(=O)c32)cc1. The van der Waals surface area contributed by atoms with E-state index in [2.05, 4.69) is 31.2 Å². The third kappa shape index (κ3) is 5.51. The second kappa shape index (κ2) is 9.52. The zero-order valence-electron chi connectivity index (χ0n) is 18.6. The fourth-order valence-corrected chi connectivity index (χ4v) is 3.63. The Hall–Kier alpha value is -4.68. The molecule has 0 fully saturated rings. The second-order valence-corrected chi connectivity index (χ2v) is 7.93. The highest BCUT2D eigenvalue weighted by Gasteiger charge is 2.35. The van der Waals surface area contributed by atoms with E-state index in [0.717, 1.165) is 12.1 Å². The van der Waals surface area contributed by atoms with Crippen LogP contribution in [0.4, 0.5) is 42.0 Å². The number of benzene rings is 2. The summed E-state index contributed by atoms with van der Waals surface area (Å²) in [5.41, 5.74) is -0.833. The third-order valence-corrected chi connectivity index (χ3v) is 5.19. The molecule has 4 rings (SSSR count). The molecule has 2 aromatic carbocycles. The Morgan fingerprint density at radius 3 is 2.31 bits per heavy atom. The lowest BCUT2D eigenvalue weighted by molar-refractivity contribution is -0.137. The van der Waals surface area contributed by atoms with Gasteiger partial charge in [-0.2, -0.15) is 18.2 Å². The minimum Gasteiger partial charge on any atom is -0.326 e. The number of aromatic nitrogens is 2. The average molecular weight is 500 g/mol. The standard InChI is InChI=1S/C23H19F3N6O4/c1-11(33)27-13-5-7-14(8-6-13)28-20(35)16-10-17(34)30-19-18(16)21(36)32-22(31-19)29-15-4-2-3-12(9-15)23(24,25)26/h2-9,16H,10H2,1H3,(H,27,33)(H,28,35)(H3,29,30,31,32,34,36). The average Bonchev–Trinajstić information content (AvgIpc) is 2.79. The van der Waals surface area contributed by atoms with Gasteiger partial charge in [-0.15, -0.1) is 0 Å². The number of fused-ring (bicyclic) bond motifs is 1. The fraction of sp³-hybridized carbons (Fsp3) is 0.174. The van der Waals surface area contributed by atoms with Crippen molar-refractivity contribution < 1.29 is 27.6 Å². The molecule has 0 saturated carbocycles. The highest BCUT2D eigenvalue weighted by molar-refractivity contribution is 6.04. The maximum atomic E-state index is 13.0. The molecule has 1 unspecified atom stereocenters. The number of alkyl halides is 3. The number of nitrogens with one attached hydrogen (secondary N) is 5. The Morgan fingerprint density at radius 1 is 1.00 bits per heavy atom. The van der Waals surface area contributed by atoms with E-state index in [1.54, 1.807) is 12.1 Å². The van der Waals surface area contributed by atoms with Gasteiger partial charge >= 0.3 is 6.18 Å². The minimum absolute atomic E-state index is 0.00654. The van der Waals surface area contributed by atoms with Gasteiger partial charge in [0.25, 0.3) is 5.56 Å². The Labute approximate surface area is 201 Å². The number of carbonyl (C=O) groups is 3. The molecule has 0 bridgehead atoms. The highest BCUT2D eigenvalue weighted by atomic mass is 19.4. The van der Waals surface area contributed by atoms with Crippen LogP contribution in [0.2, 0.25) is 0 Å². The molecule has 0 radical (unpaired) electrons. The van der Waals surface area contributed by atoms with Crippen LogP contribution in [0.5, 0.6) is 0 Å². The van der Waals surface area contributed by atoms with E-state index in [4.69, 9.17) is 0 Å². The molecule has 3 aromatic rings. The van der Waals surface area contributed by atoms with Crippen molar-refractivity contribution >= 4 is 46.5 Å². The summed E-state index contributed by atoms with van der Waals surface area (Å²) in [7, 11) is 0. The molecule has 3 amide bonds. The van der Waals surface area contributed by atoms with Crippen LogP contribution in [0.25, 0.3) is 0 Å². The second-order valence-electron chi connectivity index (χ2n) is 7.93. The Bertz CT molecular complexity index is 1400. The molecule has 1 atom stereocenters. The first-order valence-electron chi connectivity index (χ1n) is 10.6. The monoisotopic (exact) mass is 500 g/mol. The number of amides is 3. The summed E-state index contributed by atoms with van der Waals surface area (Å²) in [6, 6.07) is 10.5. The lowest BCUT2D eigenvalue weighted by Crippen LogP contribution is -2.36. The van der Waals surface area contributed by atoms with Gasteiger partial charge in [-0.05, 0) is 42.5 Å². The van der Waals surface area contributed by atoms with Gasteiger partial charge in [-0.3, -0.25) is 24.2 Å². The lowest BCUT2D eigenvalue weighted by atomic mass is 9.92. The molecule has 2 heterocycles. The number of aromatic amines is 1. The van der Waals surface area contributed by atoms with Gasteiger partial charge in [0.05, 0.1) is 17.0 Å². The molecule has 5 N–H and O–H groups in total. The normalized spacial score (nSPS) is 14.9. The molecule has 0 saturated heterocycles. The van der Waals surface area contributed by atoms with Gasteiger partial charge in [0.2, 0.25) is 23.7 Å². The van der Waals surface area contributed by atoms with Gasteiger partial charge in [0.1, 0.15) is 5.82 Å². The van der Waals surface area contributed by atoms with E-state index < -0.39 is 35.0 Å².